The van der Waals surface area contributed by atoms with Gasteiger partial charge in [-0.05, 0) is 19.3 Å². The third-order valence-corrected chi connectivity index (χ3v) is 2.26. The van der Waals surface area contributed by atoms with Crippen molar-refractivity contribution >= 4 is 5.91 Å². The summed E-state index contributed by atoms with van der Waals surface area (Å²) in [6.07, 6.45) is 3.71. The van der Waals surface area contributed by atoms with Gasteiger partial charge in [0.05, 0.1) is 0 Å². The molecule has 0 spiro atoms. The van der Waals surface area contributed by atoms with Crippen LogP contribution in [0.3, 0.4) is 0 Å². The quantitative estimate of drug-likeness (QED) is 0.650. The highest BCUT2D eigenvalue weighted by molar-refractivity contribution is 5.73. The van der Waals surface area contributed by atoms with Crippen molar-refractivity contribution in [1.82, 2.24) is 5.32 Å². The topological polar surface area (TPSA) is 64.4 Å². The van der Waals surface area contributed by atoms with Gasteiger partial charge in [-0.1, -0.05) is 0 Å². The van der Waals surface area contributed by atoms with Crippen LogP contribution in [0.1, 0.15) is 25.7 Å². The summed E-state index contributed by atoms with van der Waals surface area (Å²) in [5.41, 5.74) is 5.04. The zero-order valence-corrected chi connectivity index (χ0v) is 7.92. The third kappa shape index (κ3) is 4.85. The Morgan fingerprint density at radius 1 is 1.46 bits per heavy atom. The molecule has 4 nitrogen and oxygen atoms in total. The zero-order chi connectivity index (χ0) is 9.52. The van der Waals surface area contributed by atoms with Gasteiger partial charge >= 0.3 is 0 Å². The molecule has 0 aromatic carbocycles. The number of hydrogen-bond donors (Lipinski definition) is 2. The molecule has 1 amide bonds. The number of nitrogens with two attached hydrogens (primary N) is 1. The Balaban J connectivity index is 2.08. The fraction of sp³-hybridized carbons (Fsp3) is 0.889. The van der Waals surface area contributed by atoms with Gasteiger partial charge in [0.25, 0.3) is 0 Å². The van der Waals surface area contributed by atoms with E-state index in [9.17, 15) is 4.79 Å². The molecule has 1 fully saturated rings. The van der Waals surface area contributed by atoms with Crippen molar-refractivity contribution in [3.63, 3.8) is 0 Å². The molecule has 1 heterocycles. The van der Waals surface area contributed by atoms with E-state index in [0.717, 1.165) is 32.5 Å². The predicted molar refractivity (Wildman–Crippen MR) is 50.3 cm³/mol. The summed E-state index contributed by atoms with van der Waals surface area (Å²) in [5, 5.41) is 3.31. The highest BCUT2D eigenvalue weighted by atomic mass is 16.5. The average Bonchev–Trinajstić information content (AvgIpc) is 2.32. The van der Waals surface area contributed by atoms with E-state index >= 15 is 0 Å². The lowest BCUT2D eigenvalue weighted by Gasteiger charge is -2.14. The zero-order valence-electron chi connectivity index (χ0n) is 7.92. The number of amides is 1. The number of carbonyl (C=O) groups is 1. The van der Waals surface area contributed by atoms with Gasteiger partial charge in [0.2, 0.25) is 5.91 Å². The Morgan fingerprint density at radius 3 is 3.08 bits per heavy atom. The first-order chi connectivity index (χ1) is 6.29. The molecule has 0 aromatic rings. The molecule has 0 aromatic heterocycles. The molecule has 76 valence electrons. The SMILES string of the molecule is NC(=O)CCNC1CCCOCC1. The number of hydrogen-bond acceptors (Lipinski definition) is 3. The lowest BCUT2D eigenvalue weighted by atomic mass is 10.1. The number of ether oxygens (including phenoxy) is 1. The molecule has 0 bridgehead atoms. The van der Waals surface area contributed by atoms with Crippen molar-refractivity contribution in [3.8, 4) is 0 Å². The fourth-order valence-corrected chi connectivity index (χ4v) is 1.51. The van der Waals surface area contributed by atoms with Crippen molar-refractivity contribution in [2.45, 2.75) is 31.7 Å². The number of primary amides is 1. The first kappa shape index (κ1) is 10.5. The largest absolute Gasteiger partial charge is 0.381 e. The summed E-state index contributed by atoms with van der Waals surface area (Å²) < 4.78 is 5.32. The van der Waals surface area contributed by atoms with E-state index in [2.05, 4.69) is 5.32 Å². The van der Waals surface area contributed by atoms with Crippen LogP contribution in [0.25, 0.3) is 0 Å². The second-order valence-electron chi connectivity index (χ2n) is 3.41. The van der Waals surface area contributed by atoms with E-state index in [4.69, 9.17) is 10.5 Å². The third-order valence-electron chi connectivity index (χ3n) is 2.26. The minimum absolute atomic E-state index is 0.239. The maximum absolute atomic E-state index is 10.5. The number of carbonyl (C=O) groups excluding carboxylic acids is 1. The van der Waals surface area contributed by atoms with E-state index in [0.29, 0.717) is 19.0 Å². The maximum atomic E-state index is 10.5. The summed E-state index contributed by atoms with van der Waals surface area (Å²) in [5.74, 6) is -0.239. The molecule has 1 rings (SSSR count). The van der Waals surface area contributed by atoms with Crippen LogP contribution in [0.15, 0.2) is 0 Å². The van der Waals surface area contributed by atoms with Gasteiger partial charge in [0.1, 0.15) is 0 Å². The van der Waals surface area contributed by atoms with E-state index in [1.807, 2.05) is 0 Å². The van der Waals surface area contributed by atoms with Crippen LogP contribution in [0.5, 0.6) is 0 Å². The molecular weight excluding hydrogens is 168 g/mol. The van der Waals surface area contributed by atoms with Crippen LogP contribution in [-0.4, -0.2) is 31.7 Å². The molecule has 1 saturated heterocycles. The van der Waals surface area contributed by atoms with Crippen molar-refractivity contribution in [2.75, 3.05) is 19.8 Å². The van der Waals surface area contributed by atoms with Crippen molar-refractivity contribution in [1.29, 1.82) is 0 Å². The second-order valence-corrected chi connectivity index (χ2v) is 3.41. The predicted octanol–water partition coefficient (Wildman–Crippen LogP) is 0.0205. The Bertz CT molecular complexity index is 154. The Kier molecular flexibility index (Phi) is 4.78. The molecule has 1 aliphatic heterocycles. The summed E-state index contributed by atoms with van der Waals surface area (Å²) in [6.45, 7) is 2.39. The smallest absolute Gasteiger partial charge is 0.218 e. The van der Waals surface area contributed by atoms with Crippen molar-refractivity contribution < 1.29 is 9.53 Å². The molecule has 1 aliphatic rings. The summed E-state index contributed by atoms with van der Waals surface area (Å²) in [7, 11) is 0. The fourth-order valence-electron chi connectivity index (χ4n) is 1.51. The van der Waals surface area contributed by atoms with Gasteiger partial charge in [0, 0.05) is 32.2 Å². The molecule has 3 N–H and O–H groups in total. The standard InChI is InChI=1S/C9H18N2O2/c10-9(12)3-5-11-8-2-1-6-13-7-4-8/h8,11H,1-7H2,(H2,10,12). The van der Waals surface area contributed by atoms with Crippen molar-refractivity contribution in [2.24, 2.45) is 5.73 Å². The van der Waals surface area contributed by atoms with E-state index in [1.165, 1.54) is 0 Å². The molecule has 0 radical (unpaired) electrons. The monoisotopic (exact) mass is 186 g/mol. The van der Waals surface area contributed by atoms with Crippen LogP contribution in [0.2, 0.25) is 0 Å². The highest BCUT2D eigenvalue weighted by Gasteiger charge is 2.11. The van der Waals surface area contributed by atoms with Crippen LogP contribution < -0.4 is 11.1 Å². The Labute approximate surface area is 78.8 Å². The average molecular weight is 186 g/mol. The summed E-state index contributed by atoms with van der Waals surface area (Å²) >= 11 is 0. The lowest BCUT2D eigenvalue weighted by Crippen LogP contribution is -2.32. The highest BCUT2D eigenvalue weighted by Crippen LogP contribution is 2.07. The van der Waals surface area contributed by atoms with Gasteiger partial charge in [0.15, 0.2) is 0 Å². The minimum atomic E-state index is -0.239. The summed E-state index contributed by atoms with van der Waals surface area (Å²) in [4.78, 5) is 10.5. The summed E-state index contributed by atoms with van der Waals surface area (Å²) in [6, 6.07) is 0.502. The molecular formula is C9H18N2O2. The van der Waals surface area contributed by atoms with E-state index < -0.39 is 0 Å². The van der Waals surface area contributed by atoms with Gasteiger partial charge < -0.3 is 15.8 Å². The van der Waals surface area contributed by atoms with Crippen molar-refractivity contribution in [3.05, 3.63) is 0 Å². The molecule has 13 heavy (non-hydrogen) atoms. The first-order valence-electron chi connectivity index (χ1n) is 4.88. The van der Waals surface area contributed by atoms with Crippen LogP contribution in [-0.2, 0) is 9.53 Å². The van der Waals surface area contributed by atoms with Gasteiger partial charge in [-0.2, -0.15) is 0 Å². The first-order valence-corrected chi connectivity index (χ1v) is 4.88. The molecule has 0 saturated carbocycles. The van der Waals surface area contributed by atoms with Gasteiger partial charge in [-0.15, -0.1) is 0 Å². The normalized spacial score (nSPS) is 23.8. The Morgan fingerprint density at radius 2 is 2.31 bits per heavy atom. The molecule has 0 aliphatic carbocycles. The van der Waals surface area contributed by atoms with Crippen LogP contribution >= 0.6 is 0 Å². The van der Waals surface area contributed by atoms with Gasteiger partial charge in [-0.25, -0.2) is 0 Å². The number of rotatable bonds is 4. The van der Waals surface area contributed by atoms with E-state index in [1.54, 1.807) is 0 Å². The molecule has 1 unspecified atom stereocenters. The minimum Gasteiger partial charge on any atom is -0.381 e. The molecule has 1 atom stereocenters. The second kappa shape index (κ2) is 5.94. The number of nitrogens with one attached hydrogen (secondary N) is 1. The van der Waals surface area contributed by atoms with Crippen LogP contribution in [0.4, 0.5) is 0 Å². The Hall–Kier alpha value is -0.610. The molecule has 4 heteroatoms. The lowest BCUT2D eigenvalue weighted by molar-refractivity contribution is -0.117. The van der Waals surface area contributed by atoms with Crippen LogP contribution in [0, 0.1) is 0 Å². The van der Waals surface area contributed by atoms with E-state index in [-0.39, 0.29) is 5.91 Å². The van der Waals surface area contributed by atoms with Gasteiger partial charge in [-0.3, -0.25) is 4.79 Å². The maximum Gasteiger partial charge on any atom is 0.218 e.